The van der Waals surface area contributed by atoms with Gasteiger partial charge in [0.05, 0.1) is 24.8 Å². The van der Waals surface area contributed by atoms with Gasteiger partial charge in [0.1, 0.15) is 11.6 Å². The zero-order chi connectivity index (χ0) is 23.8. The van der Waals surface area contributed by atoms with Gasteiger partial charge in [-0.2, -0.15) is 0 Å². The molecule has 0 unspecified atom stereocenters. The molecule has 34 heavy (non-hydrogen) atoms. The summed E-state index contributed by atoms with van der Waals surface area (Å²) in [5, 5.41) is 0. The van der Waals surface area contributed by atoms with Crippen molar-refractivity contribution in [3.8, 4) is 5.69 Å². The fourth-order valence-electron chi connectivity index (χ4n) is 4.03. The van der Waals surface area contributed by atoms with Crippen LogP contribution in [0.4, 0.5) is 4.39 Å². The number of nitrogens with zero attached hydrogens (tertiary/aromatic N) is 4. The van der Waals surface area contributed by atoms with Gasteiger partial charge < -0.3 is 8.98 Å². The van der Waals surface area contributed by atoms with E-state index in [0.717, 1.165) is 15.7 Å². The number of aromatic nitrogens is 4. The summed E-state index contributed by atoms with van der Waals surface area (Å²) in [6, 6.07) is 17.1. The highest BCUT2D eigenvalue weighted by molar-refractivity contribution is 5.72. The molecule has 0 atom stereocenters. The van der Waals surface area contributed by atoms with Crippen LogP contribution in [0.5, 0.6) is 0 Å². The van der Waals surface area contributed by atoms with Crippen molar-refractivity contribution in [3.63, 3.8) is 0 Å². The minimum absolute atomic E-state index is 0.00753. The smallest absolute Gasteiger partial charge is 0.337 e. The van der Waals surface area contributed by atoms with Crippen LogP contribution < -0.4 is 11.2 Å². The first-order valence-electron chi connectivity index (χ1n) is 11.0. The summed E-state index contributed by atoms with van der Waals surface area (Å²) in [7, 11) is 0. The van der Waals surface area contributed by atoms with E-state index in [1.165, 1.54) is 29.3 Å². The van der Waals surface area contributed by atoms with Crippen molar-refractivity contribution in [1.82, 2.24) is 18.7 Å². The maximum Gasteiger partial charge on any atom is 0.337 e. The van der Waals surface area contributed by atoms with Gasteiger partial charge in [0.25, 0.3) is 5.56 Å². The van der Waals surface area contributed by atoms with Crippen LogP contribution in [-0.2, 0) is 13.1 Å². The van der Waals surface area contributed by atoms with Crippen LogP contribution in [0, 0.1) is 5.82 Å². The van der Waals surface area contributed by atoms with E-state index < -0.39 is 11.2 Å². The largest absolute Gasteiger partial charge is 0.467 e. The highest BCUT2D eigenvalue weighted by Crippen LogP contribution is 2.19. The van der Waals surface area contributed by atoms with Gasteiger partial charge in [0, 0.05) is 6.54 Å². The molecule has 0 bridgehead atoms. The Morgan fingerprint density at radius 2 is 1.71 bits per heavy atom. The molecule has 0 aliphatic heterocycles. The van der Waals surface area contributed by atoms with E-state index in [2.05, 4.69) is 18.8 Å². The number of hydrogen-bond acceptors (Lipinski definition) is 4. The Balaban J connectivity index is 1.72. The number of halogens is 1. The monoisotopic (exact) mass is 458 g/mol. The molecule has 0 aliphatic rings. The van der Waals surface area contributed by atoms with Crippen molar-refractivity contribution in [2.45, 2.75) is 32.9 Å². The Kier molecular flexibility index (Phi) is 5.49. The Morgan fingerprint density at radius 1 is 0.971 bits per heavy atom. The average molecular weight is 458 g/mol. The predicted octanol–water partition coefficient (Wildman–Crippen LogP) is 4.30. The lowest BCUT2D eigenvalue weighted by atomic mass is 10.0. The lowest BCUT2D eigenvalue weighted by Crippen LogP contribution is -2.40. The van der Waals surface area contributed by atoms with E-state index in [1.54, 1.807) is 28.8 Å². The molecular formula is C26H23FN4O3. The molecule has 8 heteroatoms. The maximum atomic E-state index is 13.5. The van der Waals surface area contributed by atoms with Gasteiger partial charge in [-0.3, -0.25) is 9.36 Å². The summed E-state index contributed by atoms with van der Waals surface area (Å²) in [5.41, 5.74) is 2.13. The molecule has 0 N–H and O–H groups in total. The number of hydrogen-bond donors (Lipinski definition) is 0. The minimum Gasteiger partial charge on any atom is -0.467 e. The molecule has 7 nitrogen and oxygen atoms in total. The fourth-order valence-corrected chi connectivity index (χ4v) is 4.03. The predicted molar refractivity (Wildman–Crippen MR) is 127 cm³/mol. The summed E-state index contributed by atoms with van der Waals surface area (Å²) in [6.07, 6.45) is 3.03. The summed E-state index contributed by atoms with van der Waals surface area (Å²) < 4.78 is 23.0. The van der Waals surface area contributed by atoms with E-state index in [9.17, 15) is 14.0 Å². The van der Waals surface area contributed by atoms with Gasteiger partial charge in [0.2, 0.25) is 0 Å². The van der Waals surface area contributed by atoms with Gasteiger partial charge in [0.15, 0.2) is 11.2 Å². The normalized spacial score (nSPS) is 11.5. The average Bonchev–Trinajstić information content (AvgIpc) is 3.49. The first-order chi connectivity index (χ1) is 16.4. The molecule has 0 radical (unpaired) electrons. The SMILES string of the molecule is CC(C)c1ccc(-n2c(=O)n(Cc3ccco3)c(=O)c3c2ncn3Cc2ccc(F)cc2)cc1. The van der Waals surface area contributed by atoms with Crippen molar-refractivity contribution < 1.29 is 8.81 Å². The molecule has 3 aromatic heterocycles. The second-order valence-electron chi connectivity index (χ2n) is 8.51. The highest BCUT2D eigenvalue weighted by atomic mass is 19.1. The van der Waals surface area contributed by atoms with Crippen LogP contribution in [0.3, 0.4) is 0 Å². The van der Waals surface area contributed by atoms with Crippen molar-refractivity contribution in [2.24, 2.45) is 0 Å². The lowest BCUT2D eigenvalue weighted by Gasteiger charge is -2.13. The number of rotatable bonds is 6. The van der Waals surface area contributed by atoms with E-state index in [4.69, 9.17) is 4.42 Å². The van der Waals surface area contributed by atoms with Crippen LogP contribution in [-0.4, -0.2) is 18.7 Å². The van der Waals surface area contributed by atoms with E-state index in [-0.39, 0.29) is 23.5 Å². The molecule has 0 amide bonds. The minimum atomic E-state index is -0.502. The quantitative estimate of drug-likeness (QED) is 0.380. The second kappa shape index (κ2) is 8.62. The van der Waals surface area contributed by atoms with Gasteiger partial charge in [-0.15, -0.1) is 0 Å². The molecule has 0 spiro atoms. The Bertz CT molecular complexity index is 1560. The maximum absolute atomic E-state index is 13.5. The Hall–Kier alpha value is -4.20. The number of fused-ring (bicyclic) bond motifs is 1. The Morgan fingerprint density at radius 3 is 2.35 bits per heavy atom. The van der Waals surface area contributed by atoms with Crippen molar-refractivity contribution in [1.29, 1.82) is 0 Å². The third-order valence-corrected chi connectivity index (χ3v) is 5.88. The van der Waals surface area contributed by atoms with E-state index in [1.807, 2.05) is 24.3 Å². The van der Waals surface area contributed by atoms with Gasteiger partial charge >= 0.3 is 5.69 Å². The standard InChI is InChI=1S/C26H23FN4O3/c1-17(2)19-7-11-21(12-8-19)31-24-23(25(32)30(26(31)33)15-22-4-3-13-34-22)29(16-28-24)14-18-5-9-20(27)10-6-18/h3-13,16-17H,14-15H2,1-2H3. The molecule has 0 aliphatic carbocycles. The van der Waals surface area contributed by atoms with Crippen molar-refractivity contribution >= 4 is 11.2 Å². The molecule has 3 heterocycles. The van der Waals surface area contributed by atoms with Crippen LogP contribution >= 0.6 is 0 Å². The third kappa shape index (κ3) is 3.87. The van der Waals surface area contributed by atoms with Gasteiger partial charge in [-0.05, 0) is 53.4 Å². The van der Waals surface area contributed by atoms with Gasteiger partial charge in [-0.1, -0.05) is 38.1 Å². The van der Waals surface area contributed by atoms with Crippen LogP contribution in [0.25, 0.3) is 16.9 Å². The molecule has 0 saturated heterocycles. The summed E-state index contributed by atoms with van der Waals surface area (Å²) >= 11 is 0. The number of benzene rings is 2. The highest BCUT2D eigenvalue weighted by Gasteiger charge is 2.20. The molecule has 0 saturated carbocycles. The van der Waals surface area contributed by atoms with Crippen LogP contribution in [0.2, 0.25) is 0 Å². The fraction of sp³-hybridized carbons (Fsp3) is 0.192. The van der Waals surface area contributed by atoms with Crippen molar-refractivity contribution in [3.05, 3.63) is 117 Å². The molecule has 172 valence electrons. The summed E-state index contributed by atoms with van der Waals surface area (Å²) in [4.78, 5) is 31.5. The zero-order valence-electron chi connectivity index (χ0n) is 18.8. The van der Waals surface area contributed by atoms with Gasteiger partial charge in [-0.25, -0.2) is 18.7 Å². The van der Waals surface area contributed by atoms with Crippen LogP contribution in [0.1, 0.15) is 36.7 Å². The topological polar surface area (TPSA) is 75.0 Å². The molecule has 5 rings (SSSR count). The summed E-state index contributed by atoms with van der Waals surface area (Å²) in [5.74, 6) is 0.497. The number of furan rings is 1. The lowest BCUT2D eigenvalue weighted by molar-refractivity contribution is 0.482. The molecule has 5 aromatic rings. The van der Waals surface area contributed by atoms with E-state index >= 15 is 0 Å². The Labute approximate surface area is 194 Å². The van der Waals surface area contributed by atoms with Crippen LogP contribution in [0.15, 0.2) is 87.3 Å². The van der Waals surface area contributed by atoms with Crippen molar-refractivity contribution in [2.75, 3.05) is 0 Å². The molecule has 2 aromatic carbocycles. The second-order valence-corrected chi connectivity index (χ2v) is 8.51. The number of imidazole rings is 1. The first kappa shape index (κ1) is 21.6. The zero-order valence-corrected chi connectivity index (χ0v) is 18.8. The molecule has 0 fully saturated rings. The molecular weight excluding hydrogens is 435 g/mol. The summed E-state index contributed by atoms with van der Waals surface area (Å²) in [6.45, 7) is 4.49. The first-order valence-corrected chi connectivity index (χ1v) is 11.0. The van der Waals surface area contributed by atoms with E-state index in [0.29, 0.717) is 23.9 Å². The third-order valence-electron chi connectivity index (χ3n) is 5.88.